The van der Waals surface area contributed by atoms with Gasteiger partial charge >= 0.3 is 0 Å². The first kappa shape index (κ1) is 21.2. The number of hydrogen-bond acceptors (Lipinski definition) is 4. The molecule has 1 amide bonds. The summed E-state index contributed by atoms with van der Waals surface area (Å²) in [5, 5.41) is 21.3. The first-order chi connectivity index (χ1) is 11.8. The maximum atomic E-state index is 14.1. The minimum atomic E-state index is -1.13. The zero-order valence-corrected chi connectivity index (χ0v) is 15.5. The van der Waals surface area contributed by atoms with E-state index in [4.69, 9.17) is 0 Å². The lowest BCUT2D eigenvalue weighted by molar-refractivity contribution is 0.0937. The summed E-state index contributed by atoms with van der Waals surface area (Å²) in [4.78, 5) is 14.2. The number of phenolic OH excluding ortho intramolecular Hbond substituents is 2. The molecule has 1 aromatic rings. The minimum absolute atomic E-state index is 0.0839. The van der Waals surface area contributed by atoms with Crippen LogP contribution in [0.2, 0.25) is 0 Å². The Morgan fingerprint density at radius 3 is 2.28 bits per heavy atom. The molecule has 0 fully saturated rings. The van der Waals surface area contributed by atoms with Crippen LogP contribution in [0.1, 0.15) is 50.4 Å². The number of carbonyl (C=O) groups is 1. The van der Waals surface area contributed by atoms with Crippen LogP contribution in [0.5, 0.6) is 11.5 Å². The zero-order valence-electron chi connectivity index (χ0n) is 15.5. The van der Waals surface area contributed by atoms with Gasteiger partial charge in [0.05, 0.1) is 0 Å². The molecule has 0 saturated carbocycles. The van der Waals surface area contributed by atoms with Gasteiger partial charge in [0.2, 0.25) is 0 Å². The normalized spacial score (nSPS) is 12.6. The van der Waals surface area contributed by atoms with E-state index in [9.17, 15) is 19.4 Å². The van der Waals surface area contributed by atoms with Crippen LogP contribution in [0.15, 0.2) is 18.2 Å². The highest BCUT2D eigenvalue weighted by molar-refractivity contribution is 5.95. The van der Waals surface area contributed by atoms with E-state index in [0.717, 1.165) is 32.0 Å². The van der Waals surface area contributed by atoms with Crippen molar-refractivity contribution in [3.63, 3.8) is 0 Å². The molecule has 0 aliphatic carbocycles. The number of halogens is 1. The van der Waals surface area contributed by atoms with E-state index >= 15 is 0 Å². The van der Waals surface area contributed by atoms with E-state index in [0.29, 0.717) is 18.9 Å². The highest BCUT2D eigenvalue weighted by atomic mass is 19.1. The number of hydrogen-bond donors (Lipinski definition) is 3. The Morgan fingerprint density at radius 2 is 1.72 bits per heavy atom. The van der Waals surface area contributed by atoms with Crippen LogP contribution in [0.25, 0.3) is 0 Å². The highest BCUT2D eigenvalue weighted by Crippen LogP contribution is 2.20. The Hall–Kier alpha value is -1.82. The molecule has 1 unspecified atom stereocenters. The van der Waals surface area contributed by atoms with Crippen LogP contribution in [-0.4, -0.2) is 53.4 Å². The summed E-state index contributed by atoms with van der Waals surface area (Å²) < 4.78 is 14.1. The van der Waals surface area contributed by atoms with Crippen molar-refractivity contribution < 1.29 is 19.4 Å². The predicted octanol–water partition coefficient (Wildman–Crippen LogP) is 3.31. The molecule has 0 aliphatic rings. The summed E-state index contributed by atoms with van der Waals surface area (Å²) in [6.45, 7) is 8.97. The summed E-state index contributed by atoms with van der Waals surface area (Å²) in [7, 11) is 0. The second-order valence-electron chi connectivity index (χ2n) is 6.86. The Balaban J connectivity index is 2.39. The van der Waals surface area contributed by atoms with Crippen molar-refractivity contribution in [1.29, 1.82) is 0 Å². The third kappa shape index (κ3) is 8.72. The van der Waals surface area contributed by atoms with E-state index in [1.807, 2.05) is 0 Å². The molecule has 0 aromatic heterocycles. The van der Waals surface area contributed by atoms with Gasteiger partial charge in [-0.25, -0.2) is 4.39 Å². The second kappa shape index (κ2) is 10.9. The lowest BCUT2D eigenvalue weighted by Gasteiger charge is -2.23. The minimum Gasteiger partial charge on any atom is -0.508 e. The molecule has 5 nitrogen and oxygen atoms in total. The van der Waals surface area contributed by atoms with Gasteiger partial charge in [0.25, 0.3) is 5.91 Å². The molecule has 1 aromatic carbocycles. The van der Waals surface area contributed by atoms with Crippen LogP contribution in [0.4, 0.5) is 4.39 Å². The van der Waals surface area contributed by atoms with E-state index in [-0.39, 0.29) is 23.6 Å². The van der Waals surface area contributed by atoms with Crippen LogP contribution >= 0.6 is 0 Å². The Bertz CT molecular complexity index is 517. The van der Waals surface area contributed by atoms with E-state index < -0.39 is 12.1 Å². The summed E-state index contributed by atoms with van der Waals surface area (Å²) in [6.07, 6.45) is 1.36. The van der Waals surface area contributed by atoms with Crippen molar-refractivity contribution in [2.24, 2.45) is 5.92 Å². The molecule has 6 heteroatoms. The molecule has 0 aliphatic heterocycles. The van der Waals surface area contributed by atoms with Crippen LogP contribution in [-0.2, 0) is 0 Å². The summed E-state index contributed by atoms with van der Waals surface area (Å²) in [5.74, 6) is -0.304. The number of phenols is 2. The molecule has 0 saturated heterocycles. The third-order valence-corrected chi connectivity index (χ3v) is 3.97. The van der Waals surface area contributed by atoms with Gasteiger partial charge in [0.1, 0.15) is 17.7 Å². The largest absolute Gasteiger partial charge is 0.508 e. The predicted molar refractivity (Wildman–Crippen MR) is 97.8 cm³/mol. The summed E-state index contributed by atoms with van der Waals surface area (Å²) in [6, 6.07) is 3.60. The monoisotopic (exact) mass is 354 g/mol. The first-order valence-corrected chi connectivity index (χ1v) is 8.99. The second-order valence-corrected chi connectivity index (χ2v) is 6.86. The van der Waals surface area contributed by atoms with Crippen molar-refractivity contribution in [3.05, 3.63) is 23.8 Å². The molecule has 3 N–H and O–H groups in total. The van der Waals surface area contributed by atoms with Gasteiger partial charge in [-0.1, -0.05) is 20.8 Å². The maximum Gasteiger partial charge on any atom is 0.251 e. The average Bonchev–Trinajstić information content (AvgIpc) is 2.54. The van der Waals surface area contributed by atoms with Crippen LogP contribution in [0.3, 0.4) is 0 Å². The molecule has 0 heterocycles. The van der Waals surface area contributed by atoms with Crippen molar-refractivity contribution >= 4 is 5.91 Å². The van der Waals surface area contributed by atoms with Gasteiger partial charge in [-0.15, -0.1) is 0 Å². The van der Waals surface area contributed by atoms with Gasteiger partial charge < -0.3 is 20.4 Å². The number of alkyl halides is 1. The lowest BCUT2D eigenvalue weighted by Crippen LogP contribution is -2.34. The van der Waals surface area contributed by atoms with Crippen LogP contribution < -0.4 is 5.32 Å². The van der Waals surface area contributed by atoms with E-state index in [2.05, 4.69) is 31.0 Å². The van der Waals surface area contributed by atoms with Gasteiger partial charge in [0, 0.05) is 24.7 Å². The molecular weight excluding hydrogens is 323 g/mol. The fourth-order valence-corrected chi connectivity index (χ4v) is 2.55. The van der Waals surface area contributed by atoms with Crippen LogP contribution in [0, 0.1) is 5.92 Å². The number of nitrogens with one attached hydrogen (secondary N) is 1. The summed E-state index contributed by atoms with van der Waals surface area (Å²) >= 11 is 0. The molecular formula is C19H31FN2O3. The number of carbonyl (C=O) groups excluding carboxylic acids is 1. The SMILES string of the molecule is CCCN(CCC(C)C)CCC(F)CNC(=O)c1cc(O)cc(O)c1. The molecule has 0 spiro atoms. The lowest BCUT2D eigenvalue weighted by atomic mass is 10.1. The van der Waals surface area contributed by atoms with Gasteiger partial charge in [-0.2, -0.15) is 0 Å². The average molecular weight is 354 g/mol. The Morgan fingerprint density at radius 1 is 1.12 bits per heavy atom. The van der Waals surface area contributed by atoms with Crippen molar-refractivity contribution in [2.75, 3.05) is 26.2 Å². The third-order valence-electron chi connectivity index (χ3n) is 3.97. The smallest absolute Gasteiger partial charge is 0.251 e. The fourth-order valence-electron chi connectivity index (χ4n) is 2.55. The number of amides is 1. The molecule has 1 rings (SSSR count). The number of benzene rings is 1. The molecule has 0 bridgehead atoms. The maximum absolute atomic E-state index is 14.1. The topological polar surface area (TPSA) is 72.8 Å². The number of rotatable bonds is 11. The van der Waals surface area contributed by atoms with Crippen molar-refractivity contribution in [1.82, 2.24) is 10.2 Å². The standard InChI is InChI=1S/C19H31FN2O3/c1-4-7-22(8-5-14(2)3)9-6-16(20)13-21-19(25)15-10-17(23)12-18(24)11-15/h10-12,14,16,23-24H,4-9,13H2,1-3H3,(H,21,25). The fraction of sp³-hybridized carbons (Fsp3) is 0.632. The molecule has 1 atom stereocenters. The zero-order chi connectivity index (χ0) is 18.8. The first-order valence-electron chi connectivity index (χ1n) is 8.99. The van der Waals surface area contributed by atoms with Crippen molar-refractivity contribution in [3.8, 4) is 11.5 Å². The Kier molecular flexibility index (Phi) is 9.27. The molecule has 25 heavy (non-hydrogen) atoms. The quantitative estimate of drug-likeness (QED) is 0.570. The van der Waals surface area contributed by atoms with Gasteiger partial charge in [0.15, 0.2) is 0 Å². The highest BCUT2D eigenvalue weighted by Gasteiger charge is 2.14. The van der Waals surface area contributed by atoms with E-state index in [1.54, 1.807) is 0 Å². The molecule has 142 valence electrons. The summed E-state index contributed by atoms with van der Waals surface area (Å²) in [5.41, 5.74) is 0.106. The Labute approximate surface area is 149 Å². The van der Waals surface area contributed by atoms with E-state index in [1.165, 1.54) is 12.1 Å². The molecule has 0 radical (unpaired) electrons. The van der Waals surface area contributed by atoms with Gasteiger partial charge in [-0.05, 0) is 50.4 Å². The van der Waals surface area contributed by atoms with Gasteiger partial charge in [-0.3, -0.25) is 4.79 Å². The number of nitrogens with zero attached hydrogens (tertiary/aromatic N) is 1. The number of aromatic hydroxyl groups is 2. The van der Waals surface area contributed by atoms with Crippen molar-refractivity contribution in [2.45, 2.75) is 46.2 Å².